The van der Waals surface area contributed by atoms with Gasteiger partial charge in [-0.05, 0) is 36.5 Å². The third-order valence-corrected chi connectivity index (χ3v) is 3.45. The molecule has 2 atom stereocenters. The summed E-state index contributed by atoms with van der Waals surface area (Å²) >= 11 is 0. The molecule has 1 aliphatic rings. The first kappa shape index (κ1) is 11.1. The third-order valence-electron chi connectivity index (χ3n) is 3.45. The maximum absolute atomic E-state index is 11.6. The van der Waals surface area contributed by atoms with Crippen molar-refractivity contribution in [3.05, 3.63) is 34.9 Å². The molecule has 3 heteroatoms. The minimum atomic E-state index is -0.226. The van der Waals surface area contributed by atoms with Gasteiger partial charge < -0.3 is 10.5 Å². The molecule has 2 N–H and O–H groups in total. The second-order valence-corrected chi connectivity index (χ2v) is 4.34. The van der Waals surface area contributed by atoms with Gasteiger partial charge in [-0.3, -0.25) is 4.79 Å². The van der Waals surface area contributed by atoms with Gasteiger partial charge in [0.1, 0.15) is 0 Å². The summed E-state index contributed by atoms with van der Waals surface area (Å²) in [6.07, 6.45) is 1.70. The molecule has 0 aliphatic heterocycles. The van der Waals surface area contributed by atoms with E-state index in [2.05, 4.69) is 13.0 Å². The molecule has 1 aromatic rings. The largest absolute Gasteiger partial charge is 0.469 e. The molecule has 2 rings (SSSR count). The summed E-state index contributed by atoms with van der Waals surface area (Å²) in [5.41, 5.74) is 9.80. The van der Waals surface area contributed by atoms with E-state index in [-0.39, 0.29) is 17.9 Å². The summed E-state index contributed by atoms with van der Waals surface area (Å²) in [5, 5.41) is 0. The average molecular weight is 219 g/mol. The molecule has 0 saturated heterocycles. The van der Waals surface area contributed by atoms with E-state index in [4.69, 9.17) is 10.5 Å². The lowest BCUT2D eigenvalue weighted by molar-refractivity contribution is -0.146. The maximum atomic E-state index is 11.6. The number of methoxy groups -OCH3 is 1. The molecule has 1 aromatic carbocycles. The number of ether oxygens (including phenoxy) is 1. The molecule has 0 saturated carbocycles. The standard InChI is InChI=1S/C13H17NO2/c1-8-4-3-5-10-9(8)6-7-11(12(10)14)13(15)16-2/h3-5,11-12H,6-7,14H2,1-2H3. The summed E-state index contributed by atoms with van der Waals surface area (Å²) in [4.78, 5) is 11.6. The number of nitrogens with two attached hydrogens (primary N) is 1. The van der Waals surface area contributed by atoms with Gasteiger partial charge in [0.2, 0.25) is 0 Å². The van der Waals surface area contributed by atoms with Crippen LogP contribution in [0.5, 0.6) is 0 Å². The van der Waals surface area contributed by atoms with Crippen molar-refractivity contribution in [2.45, 2.75) is 25.8 Å². The van der Waals surface area contributed by atoms with Crippen molar-refractivity contribution in [2.75, 3.05) is 7.11 Å². The number of hydrogen-bond donors (Lipinski definition) is 1. The Balaban J connectivity index is 2.36. The molecule has 0 aromatic heterocycles. The molecule has 2 unspecified atom stereocenters. The molecule has 86 valence electrons. The highest BCUT2D eigenvalue weighted by atomic mass is 16.5. The summed E-state index contributed by atoms with van der Waals surface area (Å²) in [7, 11) is 1.42. The fourth-order valence-corrected chi connectivity index (χ4v) is 2.49. The first-order valence-corrected chi connectivity index (χ1v) is 5.57. The average Bonchev–Trinajstić information content (AvgIpc) is 2.30. The molecule has 0 amide bonds. The number of fused-ring (bicyclic) bond motifs is 1. The maximum Gasteiger partial charge on any atom is 0.310 e. The van der Waals surface area contributed by atoms with Crippen molar-refractivity contribution >= 4 is 5.97 Å². The Morgan fingerprint density at radius 1 is 1.50 bits per heavy atom. The van der Waals surface area contributed by atoms with Crippen LogP contribution in [-0.4, -0.2) is 13.1 Å². The van der Waals surface area contributed by atoms with E-state index in [9.17, 15) is 4.79 Å². The van der Waals surface area contributed by atoms with E-state index in [0.29, 0.717) is 0 Å². The molecule has 3 nitrogen and oxygen atoms in total. The van der Waals surface area contributed by atoms with Crippen molar-refractivity contribution in [1.82, 2.24) is 0 Å². The van der Waals surface area contributed by atoms with Crippen molar-refractivity contribution < 1.29 is 9.53 Å². The lowest BCUT2D eigenvalue weighted by Crippen LogP contribution is -2.33. The van der Waals surface area contributed by atoms with E-state index in [0.717, 1.165) is 18.4 Å². The van der Waals surface area contributed by atoms with E-state index in [1.807, 2.05) is 12.1 Å². The van der Waals surface area contributed by atoms with Crippen LogP contribution in [-0.2, 0) is 16.0 Å². The van der Waals surface area contributed by atoms with Gasteiger partial charge in [0.25, 0.3) is 0 Å². The second-order valence-electron chi connectivity index (χ2n) is 4.34. The SMILES string of the molecule is COC(=O)C1CCc2c(C)cccc2C1N. The van der Waals surface area contributed by atoms with Crippen molar-refractivity contribution in [3.63, 3.8) is 0 Å². The predicted octanol–water partition coefficient (Wildman–Crippen LogP) is 1.73. The van der Waals surface area contributed by atoms with Gasteiger partial charge in [-0.25, -0.2) is 0 Å². The number of aryl methyl sites for hydroxylation is 1. The van der Waals surface area contributed by atoms with Gasteiger partial charge in [0, 0.05) is 6.04 Å². The normalized spacial score (nSPS) is 23.7. The zero-order valence-electron chi connectivity index (χ0n) is 9.69. The Hall–Kier alpha value is -1.35. The van der Waals surface area contributed by atoms with E-state index in [1.165, 1.54) is 18.2 Å². The Morgan fingerprint density at radius 3 is 2.94 bits per heavy atom. The van der Waals surface area contributed by atoms with E-state index in [1.54, 1.807) is 0 Å². The topological polar surface area (TPSA) is 52.3 Å². The van der Waals surface area contributed by atoms with Gasteiger partial charge in [-0.1, -0.05) is 18.2 Å². The van der Waals surface area contributed by atoms with Crippen LogP contribution < -0.4 is 5.73 Å². The summed E-state index contributed by atoms with van der Waals surface area (Å²) in [5.74, 6) is -0.390. The minimum absolute atomic E-state index is 0.195. The fraction of sp³-hybridized carbons (Fsp3) is 0.462. The zero-order valence-corrected chi connectivity index (χ0v) is 9.69. The third kappa shape index (κ3) is 1.71. The Bertz CT molecular complexity index is 414. The quantitative estimate of drug-likeness (QED) is 0.732. The molecule has 0 heterocycles. The van der Waals surface area contributed by atoms with Crippen molar-refractivity contribution in [1.29, 1.82) is 0 Å². The van der Waals surface area contributed by atoms with Crippen molar-refractivity contribution in [2.24, 2.45) is 11.7 Å². The summed E-state index contributed by atoms with van der Waals surface area (Å²) in [6.45, 7) is 2.09. The van der Waals surface area contributed by atoms with Crippen LogP contribution >= 0.6 is 0 Å². The highest BCUT2D eigenvalue weighted by Gasteiger charge is 2.32. The Labute approximate surface area is 95.6 Å². The number of carbonyl (C=O) groups excluding carboxylic acids is 1. The van der Waals surface area contributed by atoms with Gasteiger partial charge in [-0.2, -0.15) is 0 Å². The molecule has 0 bridgehead atoms. The summed E-state index contributed by atoms with van der Waals surface area (Å²) < 4.78 is 4.79. The van der Waals surface area contributed by atoms with Crippen LogP contribution in [0.1, 0.15) is 29.2 Å². The Kier molecular flexibility index (Phi) is 2.97. The highest BCUT2D eigenvalue weighted by molar-refractivity contribution is 5.74. The molecule has 0 fully saturated rings. The molecule has 16 heavy (non-hydrogen) atoms. The first-order chi connectivity index (χ1) is 7.65. The van der Waals surface area contributed by atoms with Crippen molar-refractivity contribution in [3.8, 4) is 0 Å². The van der Waals surface area contributed by atoms with E-state index >= 15 is 0 Å². The van der Waals surface area contributed by atoms with Gasteiger partial charge in [0.05, 0.1) is 13.0 Å². The molecular formula is C13H17NO2. The van der Waals surface area contributed by atoms with Gasteiger partial charge in [0.15, 0.2) is 0 Å². The van der Waals surface area contributed by atoms with Crippen LogP contribution in [0.4, 0.5) is 0 Å². The molecule has 0 radical (unpaired) electrons. The lowest BCUT2D eigenvalue weighted by Gasteiger charge is -2.30. The predicted molar refractivity (Wildman–Crippen MR) is 61.9 cm³/mol. The molecule has 0 spiro atoms. The number of hydrogen-bond acceptors (Lipinski definition) is 3. The van der Waals surface area contributed by atoms with Gasteiger partial charge >= 0.3 is 5.97 Å². The number of esters is 1. The fourth-order valence-electron chi connectivity index (χ4n) is 2.49. The number of rotatable bonds is 1. The number of carbonyl (C=O) groups is 1. The lowest BCUT2D eigenvalue weighted by atomic mass is 9.78. The zero-order chi connectivity index (χ0) is 11.7. The monoisotopic (exact) mass is 219 g/mol. The second kappa shape index (κ2) is 4.26. The highest BCUT2D eigenvalue weighted by Crippen LogP contribution is 2.34. The van der Waals surface area contributed by atoms with Crippen LogP contribution in [0.15, 0.2) is 18.2 Å². The smallest absolute Gasteiger partial charge is 0.310 e. The van der Waals surface area contributed by atoms with Crippen LogP contribution in [0.2, 0.25) is 0 Å². The van der Waals surface area contributed by atoms with Crippen LogP contribution in [0, 0.1) is 12.8 Å². The van der Waals surface area contributed by atoms with Crippen LogP contribution in [0.3, 0.4) is 0 Å². The minimum Gasteiger partial charge on any atom is -0.469 e. The van der Waals surface area contributed by atoms with Crippen LogP contribution in [0.25, 0.3) is 0 Å². The summed E-state index contributed by atoms with van der Waals surface area (Å²) in [6, 6.07) is 5.87. The molecule has 1 aliphatic carbocycles. The van der Waals surface area contributed by atoms with Gasteiger partial charge in [-0.15, -0.1) is 0 Å². The van der Waals surface area contributed by atoms with E-state index < -0.39 is 0 Å². The first-order valence-electron chi connectivity index (χ1n) is 5.57. The molecular weight excluding hydrogens is 202 g/mol. The number of benzene rings is 1. The Morgan fingerprint density at radius 2 is 2.25 bits per heavy atom.